The Morgan fingerprint density at radius 3 is 2.67 bits per heavy atom. The van der Waals surface area contributed by atoms with Crippen molar-refractivity contribution < 1.29 is 0 Å². The molecular formula is C19H24N4O. The van der Waals surface area contributed by atoms with Gasteiger partial charge >= 0.3 is 0 Å². The summed E-state index contributed by atoms with van der Waals surface area (Å²) in [4.78, 5) is 24.8. The zero-order valence-electron chi connectivity index (χ0n) is 14.0. The maximum Gasteiger partial charge on any atom is 0.257 e. The van der Waals surface area contributed by atoms with Crippen LogP contribution in [0.3, 0.4) is 0 Å². The minimum Gasteiger partial charge on any atom is -0.342 e. The fourth-order valence-corrected chi connectivity index (χ4v) is 3.67. The average molecular weight is 324 g/mol. The van der Waals surface area contributed by atoms with Crippen LogP contribution in [0, 0.1) is 0 Å². The second-order valence-electron chi connectivity index (χ2n) is 6.77. The third kappa shape index (κ3) is 3.22. The summed E-state index contributed by atoms with van der Waals surface area (Å²) in [6.07, 6.45) is 4.27. The van der Waals surface area contributed by atoms with E-state index in [4.69, 9.17) is 4.98 Å². The molecule has 0 radical (unpaired) electrons. The summed E-state index contributed by atoms with van der Waals surface area (Å²) in [6, 6.07) is 10.5. The molecule has 0 bridgehead atoms. The number of hydrogen-bond donors (Lipinski definition) is 1. The van der Waals surface area contributed by atoms with Crippen LogP contribution in [0.15, 0.2) is 35.1 Å². The van der Waals surface area contributed by atoms with Gasteiger partial charge in [-0.1, -0.05) is 30.3 Å². The van der Waals surface area contributed by atoms with Crippen molar-refractivity contribution in [3.8, 4) is 0 Å². The van der Waals surface area contributed by atoms with E-state index in [-0.39, 0.29) is 5.56 Å². The molecule has 1 N–H and O–H groups in total. The van der Waals surface area contributed by atoms with Crippen LogP contribution in [-0.4, -0.2) is 41.0 Å². The maximum absolute atomic E-state index is 12.5. The first-order chi connectivity index (χ1) is 11.8. The van der Waals surface area contributed by atoms with Crippen LogP contribution >= 0.6 is 0 Å². The lowest BCUT2D eigenvalue weighted by atomic mass is 10.1. The van der Waals surface area contributed by atoms with Crippen LogP contribution in [0.2, 0.25) is 0 Å². The molecule has 2 aromatic rings. The third-order valence-corrected chi connectivity index (χ3v) is 5.10. The summed E-state index contributed by atoms with van der Waals surface area (Å²) >= 11 is 0. The van der Waals surface area contributed by atoms with Crippen molar-refractivity contribution in [3.05, 3.63) is 57.5 Å². The number of aromatic amines is 1. The molecule has 1 aromatic heterocycles. The Labute approximate surface area is 142 Å². The smallest absolute Gasteiger partial charge is 0.257 e. The first kappa shape index (κ1) is 15.4. The minimum absolute atomic E-state index is 0.0475. The molecule has 3 heterocycles. The highest BCUT2D eigenvalue weighted by Gasteiger charge is 2.23. The molecule has 1 fully saturated rings. The number of rotatable bonds is 4. The van der Waals surface area contributed by atoms with Crippen molar-refractivity contribution >= 4 is 5.95 Å². The number of anilines is 1. The van der Waals surface area contributed by atoms with Crippen LogP contribution in [0.25, 0.3) is 0 Å². The van der Waals surface area contributed by atoms with Gasteiger partial charge in [-0.3, -0.25) is 14.7 Å². The third-order valence-electron chi connectivity index (χ3n) is 5.10. The Kier molecular flexibility index (Phi) is 4.34. The van der Waals surface area contributed by atoms with Crippen LogP contribution in [0.5, 0.6) is 0 Å². The summed E-state index contributed by atoms with van der Waals surface area (Å²) in [5.74, 6) is 0.772. The molecule has 24 heavy (non-hydrogen) atoms. The number of aromatic nitrogens is 2. The van der Waals surface area contributed by atoms with Crippen molar-refractivity contribution in [1.82, 2.24) is 14.9 Å². The van der Waals surface area contributed by atoms with Gasteiger partial charge in [0.25, 0.3) is 5.56 Å². The van der Waals surface area contributed by atoms with Crippen molar-refractivity contribution in [3.63, 3.8) is 0 Å². The molecule has 0 amide bonds. The number of fused-ring (bicyclic) bond motifs is 1. The van der Waals surface area contributed by atoms with E-state index in [0.717, 1.165) is 56.2 Å². The van der Waals surface area contributed by atoms with E-state index in [1.54, 1.807) is 0 Å². The summed E-state index contributed by atoms with van der Waals surface area (Å²) in [5.41, 5.74) is 3.25. The number of H-pyrrole nitrogens is 1. The molecule has 1 saturated heterocycles. The predicted molar refractivity (Wildman–Crippen MR) is 95.4 cm³/mol. The van der Waals surface area contributed by atoms with Crippen molar-refractivity contribution in [1.29, 1.82) is 0 Å². The van der Waals surface area contributed by atoms with Gasteiger partial charge in [0.15, 0.2) is 0 Å². The molecule has 0 spiro atoms. The molecule has 0 saturated carbocycles. The topological polar surface area (TPSA) is 52.2 Å². The zero-order chi connectivity index (χ0) is 16.4. The average Bonchev–Trinajstić information content (AvgIpc) is 3.16. The fourth-order valence-electron chi connectivity index (χ4n) is 3.67. The van der Waals surface area contributed by atoms with Crippen molar-refractivity contribution in [2.45, 2.75) is 32.2 Å². The molecule has 0 atom stereocenters. The molecule has 0 aliphatic carbocycles. The van der Waals surface area contributed by atoms with Gasteiger partial charge in [0.1, 0.15) is 0 Å². The Hall–Kier alpha value is -2.14. The van der Waals surface area contributed by atoms with E-state index in [1.807, 2.05) is 6.07 Å². The van der Waals surface area contributed by atoms with Gasteiger partial charge in [-0.15, -0.1) is 0 Å². The largest absolute Gasteiger partial charge is 0.342 e. The van der Waals surface area contributed by atoms with Gasteiger partial charge in [-0.05, 0) is 24.8 Å². The molecular weight excluding hydrogens is 300 g/mol. The monoisotopic (exact) mass is 324 g/mol. The van der Waals surface area contributed by atoms with Crippen LogP contribution < -0.4 is 10.5 Å². The van der Waals surface area contributed by atoms with E-state index in [2.05, 4.69) is 39.0 Å². The molecule has 5 heteroatoms. The molecule has 126 valence electrons. The lowest BCUT2D eigenvalue weighted by Crippen LogP contribution is -2.37. The number of benzene rings is 1. The van der Waals surface area contributed by atoms with Gasteiger partial charge < -0.3 is 4.90 Å². The Morgan fingerprint density at radius 1 is 1.08 bits per heavy atom. The van der Waals surface area contributed by atoms with Gasteiger partial charge in [-0.2, -0.15) is 0 Å². The SMILES string of the molecule is O=c1[nH]c(N2CCCC2)nc2c1CN(CCc1ccccc1)CC2. The van der Waals surface area contributed by atoms with Gasteiger partial charge in [0.05, 0.1) is 11.3 Å². The van der Waals surface area contributed by atoms with E-state index < -0.39 is 0 Å². The number of nitrogens with zero attached hydrogens (tertiary/aromatic N) is 3. The van der Waals surface area contributed by atoms with Crippen LogP contribution in [0.1, 0.15) is 29.7 Å². The highest BCUT2D eigenvalue weighted by atomic mass is 16.1. The number of hydrogen-bond acceptors (Lipinski definition) is 4. The predicted octanol–water partition coefficient (Wildman–Crippen LogP) is 1.97. The van der Waals surface area contributed by atoms with Crippen molar-refractivity contribution in [2.24, 2.45) is 0 Å². The summed E-state index contributed by atoms with van der Waals surface area (Å²) in [7, 11) is 0. The molecule has 0 unspecified atom stereocenters. The first-order valence-corrected chi connectivity index (χ1v) is 8.93. The normalized spacial score (nSPS) is 17.9. The lowest BCUT2D eigenvalue weighted by Gasteiger charge is -2.28. The molecule has 1 aromatic carbocycles. The minimum atomic E-state index is 0.0475. The molecule has 2 aliphatic rings. The summed E-state index contributed by atoms with van der Waals surface area (Å²) in [5, 5.41) is 0. The van der Waals surface area contributed by atoms with Gasteiger partial charge in [0.2, 0.25) is 5.95 Å². The highest BCUT2D eigenvalue weighted by Crippen LogP contribution is 2.19. The fraction of sp³-hybridized carbons (Fsp3) is 0.474. The second-order valence-corrected chi connectivity index (χ2v) is 6.77. The van der Waals surface area contributed by atoms with E-state index in [9.17, 15) is 4.79 Å². The van der Waals surface area contributed by atoms with Gasteiger partial charge in [-0.25, -0.2) is 4.98 Å². The van der Waals surface area contributed by atoms with Crippen LogP contribution in [-0.2, 0) is 19.4 Å². The van der Waals surface area contributed by atoms with Crippen molar-refractivity contribution in [2.75, 3.05) is 31.1 Å². The van der Waals surface area contributed by atoms with E-state index in [0.29, 0.717) is 6.54 Å². The molecule has 2 aliphatic heterocycles. The Bertz CT molecular complexity index is 750. The molecule has 4 rings (SSSR count). The zero-order valence-corrected chi connectivity index (χ0v) is 14.0. The maximum atomic E-state index is 12.5. The summed E-state index contributed by atoms with van der Waals surface area (Å²) in [6.45, 7) is 4.69. The second kappa shape index (κ2) is 6.77. The summed E-state index contributed by atoms with van der Waals surface area (Å²) < 4.78 is 0. The Balaban J connectivity index is 1.46. The van der Waals surface area contributed by atoms with Gasteiger partial charge in [0, 0.05) is 39.1 Å². The standard InChI is InChI=1S/C19H24N4O/c24-18-16-14-22(12-8-15-6-2-1-3-7-15)13-9-17(16)20-19(21-18)23-10-4-5-11-23/h1-3,6-7H,4-5,8-14H2,(H,20,21,24). The molecule has 5 nitrogen and oxygen atoms in total. The van der Waals surface area contributed by atoms with Crippen LogP contribution in [0.4, 0.5) is 5.95 Å². The van der Waals surface area contributed by atoms with E-state index in [1.165, 1.54) is 18.4 Å². The quantitative estimate of drug-likeness (QED) is 0.934. The lowest BCUT2D eigenvalue weighted by molar-refractivity contribution is 0.253. The Morgan fingerprint density at radius 2 is 1.88 bits per heavy atom. The van der Waals surface area contributed by atoms with E-state index >= 15 is 0 Å². The highest BCUT2D eigenvalue weighted by molar-refractivity contribution is 5.35. The number of nitrogens with one attached hydrogen (secondary N) is 1. The first-order valence-electron chi connectivity index (χ1n) is 8.93.